The zero-order chi connectivity index (χ0) is 26.9. The summed E-state index contributed by atoms with van der Waals surface area (Å²) in [4.78, 5) is 19.3. The molecular weight excluding hydrogens is 503 g/mol. The summed E-state index contributed by atoms with van der Waals surface area (Å²) < 4.78 is 34.3. The van der Waals surface area contributed by atoms with E-state index in [1.54, 1.807) is 30.1 Å². The van der Waals surface area contributed by atoms with E-state index in [1.165, 1.54) is 12.7 Å². The van der Waals surface area contributed by atoms with Crippen LogP contribution in [-0.4, -0.2) is 74.0 Å². The van der Waals surface area contributed by atoms with Crippen LogP contribution in [0.4, 0.5) is 15.9 Å². The molecule has 0 unspecified atom stereocenters. The van der Waals surface area contributed by atoms with Crippen LogP contribution in [0.1, 0.15) is 12.0 Å². The smallest absolute Gasteiger partial charge is 0.224 e. The van der Waals surface area contributed by atoms with E-state index >= 15 is 0 Å². The number of nitrogens with one attached hydrogen (secondary N) is 1. The van der Waals surface area contributed by atoms with Gasteiger partial charge in [-0.05, 0) is 56.3 Å². The van der Waals surface area contributed by atoms with Crippen molar-refractivity contribution in [2.75, 3.05) is 32.6 Å². The highest BCUT2D eigenvalue weighted by atomic mass is 19.1. The molecule has 0 radical (unpaired) electrons. The van der Waals surface area contributed by atoms with Gasteiger partial charge in [-0.3, -0.25) is 0 Å². The zero-order valence-corrected chi connectivity index (χ0v) is 21.7. The Bertz CT molecular complexity index is 1640. The van der Waals surface area contributed by atoms with Gasteiger partial charge in [0.15, 0.2) is 17.1 Å². The summed E-state index contributed by atoms with van der Waals surface area (Å²) >= 11 is 0. The Hall–Kier alpha value is -4.58. The molecule has 5 aromatic rings. The molecule has 2 atom stereocenters. The molecule has 1 aliphatic heterocycles. The molecule has 4 heterocycles. The summed E-state index contributed by atoms with van der Waals surface area (Å²) in [6.45, 7) is 3.00. The number of halogens is 1. The number of benzene rings is 2. The second kappa shape index (κ2) is 10.3. The summed E-state index contributed by atoms with van der Waals surface area (Å²) in [6, 6.07) is 11.0. The van der Waals surface area contributed by atoms with Crippen LogP contribution in [0.2, 0.25) is 0 Å². The third kappa shape index (κ3) is 4.98. The van der Waals surface area contributed by atoms with E-state index in [0.29, 0.717) is 58.5 Å². The molecule has 0 saturated carbocycles. The van der Waals surface area contributed by atoms with Crippen LogP contribution < -0.4 is 19.5 Å². The van der Waals surface area contributed by atoms with Crippen LogP contribution in [-0.2, 0) is 0 Å². The molecule has 1 fully saturated rings. The van der Waals surface area contributed by atoms with Crippen molar-refractivity contribution < 1.29 is 18.6 Å². The Balaban J connectivity index is 1.30. The highest BCUT2D eigenvalue weighted by Crippen LogP contribution is 2.41. The number of hydrogen-bond acceptors (Lipinski definition) is 10. The molecular formula is C27H27FN8O3. The second-order valence-corrected chi connectivity index (χ2v) is 9.43. The Kier molecular flexibility index (Phi) is 6.53. The molecule has 200 valence electrons. The number of piperidine rings is 1. The maximum absolute atomic E-state index is 14.9. The van der Waals surface area contributed by atoms with E-state index in [-0.39, 0.29) is 0 Å². The van der Waals surface area contributed by atoms with Gasteiger partial charge in [0.2, 0.25) is 5.88 Å². The molecule has 0 spiro atoms. The largest absolute Gasteiger partial charge is 0.493 e. The van der Waals surface area contributed by atoms with E-state index in [4.69, 9.17) is 14.2 Å². The van der Waals surface area contributed by atoms with Gasteiger partial charge >= 0.3 is 0 Å². The molecule has 1 saturated heterocycles. The molecule has 2 aromatic carbocycles. The number of hydrogen-bond donors (Lipinski definition) is 1. The minimum absolute atomic E-state index is 0.315. The van der Waals surface area contributed by atoms with Crippen molar-refractivity contribution >= 4 is 28.1 Å². The number of ether oxygens (including phenoxy) is 3. The van der Waals surface area contributed by atoms with Gasteiger partial charge in [-0.1, -0.05) is 0 Å². The average molecular weight is 531 g/mol. The first kappa shape index (κ1) is 24.7. The first-order valence-corrected chi connectivity index (χ1v) is 12.5. The van der Waals surface area contributed by atoms with Crippen molar-refractivity contribution in [3.8, 4) is 23.1 Å². The number of methoxy groups -OCH3 is 1. The van der Waals surface area contributed by atoms with E-state index < -0.39 is 12.3 Å². The SMILES string of the molecule is COc1ccc2ncnc(Nc3ccc(Oc4cc5ncnn5cn4)c(C)c3)c2c1O[C@@H]1CCN(C)C[C@H]1F. The molecule has 3 aromatic heterocycles. The highest BCUT2D eigenvalue weighted by Gasteiger charge is 2.31. The fourth-order valence-corrected chi connectivity index (χ4v) is 4.65. The molecule has 6 rings (SSSR count). The Morgan fingerprint density at radius 3 is 2.72 bits per heavy atom. The number of nitrogens with zero attached hydrogens (tertiary/aromatic N) is 7. The molecule has 39 heavy (non-hydrogen) atoms. The van der Waals surface area contributed by atoms with Gasteiger partial charge in [0.25, 0.3) is 0 Å². The average Bonchev–Trinajstić information content (AvgIpc) is 3.40. The van der Waals surface area contributed by atoms with Crippen molar-refractivity contribution in [3.05, 3.63) is 60.9 Å². The molecule has 1 N–H and O–H groups in total. The van der Waals surface area contributed by atoms with E-state index in [1.807, 2.05) is 43.1 Å². The minimum Gasteiger partial charge on any atom is -0.493 e. The summed E-state index contributed by atoms with van der Waals surface area (Å²) in [6.07, 6.45) is 3.32. The lowest BCUT2D eigenvalue weighted by Crippen LogP contribution is -2.45. The van der Waals surface area contributed by atoms with Crippen molar-refractivity contribution in [1.29, 1.82) is 0 Å². The lowest BCUT2D eigenvalue weighted by atomic mass is 10.1. The molecule has 11 nitrogen and oxygen atoms in total. The normalized spacial score (nSPS) is 17.8. The fourth-order valence-electron chi connectivity index (χ4n) is 4.65. The summed E-state index contributed by atoms with van der Waals surface area (Å²) in [7, 11) is 3.46. The maximum Gasteiger partial charge on any atom is 0.224 e. The number of aryl methyl sites for hydroxylation is 1. The second-order valence-electron chi connectivity index (χ2n) is 9.43. The third-order valence-corrected chi connectivity index (χ3v) is 6.69. The predicted molar refractivity (Wildman–Crippen MR) is 143 cm³/mol. The first-order valence-electron chi connectivity index (χ1n) is 12.5. The van der Waals surface area contributed by atoms with Crippen LogP contribution in [0, 0.1) is 6.92 Å². The highest BCUT2D eigenvalue weighted by molar-refractivity contribution is 5.97. The van der Waals surface area contributed by atoms with Crippen LogP contribution in [0.3, 0.4) is 0 Å². The number of rotatable bonds is 7. The summed E-state index contributed by atoms with van der Waals surface area (Å²) in [5.74, 6) is 2.48. The quantitative estimate of drug-likeness (QED) is 0.326. The Labute approximate surface area is 223 Å². The van der Waals surface area contributed by atoms with Gasteiger partial charge in [0, 0.05) is 24.8 Å². The summed E-state index contributed by atoms with van der Waals surface area (Å²) in [5, 5.41) is 8.03. The predicted octanol–water partition coefficient (Wildman–Crippen LogP) is 4.34. The van der Waals surface area contributed by atoms with E-state index in [9.17, 15) is 4.39 Å². The molecule has 0 bridgehead atoms. The van der Waals surface area contributed by atoms with Crippen LogP contribution >= 0.6 is 0 Å². The number of aromatic nitrogens is 6. The molecule has 1 aliphatic rings. The Morgan fingerprint density at radius 1 is 1.03 bits per heavy atom. The number of alkyl halides is 1. The van der Waals surface area contributed by atoms with Crippen LogP contribution in [0.15, 0.2) is 55.4 Å². The standard InChI is InChI=1S/C27H27FN8O3/c1-16-10-17(4-6-20(16)38-24-11-23-30-14-33-36(23)15-32-24)34-27-25-19(29-13-31-27)5-7-22(37-3)26(25)39-21-8-9-35(2)12-18(21)28/h4-7,10-11,13-15,18,21H,8-9,12H2,1-3H3,(H,29,31,34)/t18-,21-/m1/s1. The summed E-state index contributed by atoms with van der Waals surface area (Å²) in [5.41, 5.74) is 2.94. The third-order valence-electron chi connectivity index (χ3n) is 6.69. The molecule has 12 heteroatoms. The van der Waals surface area contributed by atoms with Gasteiger partial charge in [0.1, 0.15) is 42.8 Å². The van der Waals surface area contributed by atoms with Gasteiger partial charge in [-0.15, -0.1) is 0 Å². The van der Waals surface area contributed by atoms with Gasteiger partial charge < -0.3 is 24.4 Å². The van der Waals surface area contributed by atoms with Crippen LogP contribution in [0.5, 0.6) is 23.1 Å². The number of likely N-dealkylation sites (tertiary alicyclic amines) is 1. The van der Waals surface area contributed by atoms with E-state index in [0.717, 1.165) is 17.8 Å². The van der Waals surface area contributed by atoms with E-state index in [2.05, 4.69) is 30.4 Å². The zero-order valence-electron chi connectivity index (χ0n) is 21.7. The number of fused-ring (bicyclic) bond motifs is 2. The molecule has 0 aliphatic carbocycles. The van der Waals surface area contributed by atoms with Crippen molar-refractivity contribution in [2.24, 2.45) is 0 Å². The topological polar surface area (TPSA) is 112 Å². The minimum atomic E-state index is -1.13. The molecule has 0 amide bonds. The van der Waals surface area contributed by atoms with Gasteiger partial charge in [-0.2, -0.15) is 5.10 Å². The van der Waals surface area contributed by atoms with Crippen molar-refractivity contribution in [2.45, 2.75) is 25.6 Å². The van der Waals surface area contributed by atoms with Gasteiger partial charge in [-0.25, -0.2) is 28.8 Å². The van der Waals surface area contributed by atoms with Crippen molar-refractivity contribution in [3.63, 3.8) is 0 Å². The Morgan fingerprint density at radius 2 is 1.90 bits per heavy atom. The maximum atomic E-state index is 14.9. The fraction of sp³-hybridized carbons (Fsp3) is 0.296. The lowest BCUT2D eigenvalue weighted by Gasteiger charge is -2.33. The monoisotopic (exact) mass is 530 g/mol. The van der Waals surface area contributed by atoms with Gasteiger partial charge in [0.05, 0.1) is 18.0 Å². The number of anilines is 2. The first-order chi connectivity index (χ1) is 19.0. The van der Waals surface area contributed by atoms with Crippen LogP contribution in [0.25, 0.3) is 16.6 Å². The lowest BCUT2D eigenvalue weighted by molar-refractivity contribution is 0.0308. The van der Waals surface area contributed by atoms with Crippen molar-refractivity contribution in [1.82, 2.24) is 34.4 Å².